The van der Waals surface area contributed by atoms with E-state index in [1.807, 2.05) is 5.38 Å². The average Bonchev–Trinajstić information content (AvgIpc) is 2.98. The van der Waals surface area contributed by atoms with E-state index in [-0.39, 0.29) is 11.2 Å². The van der Waals surface area contributed by atoms with E-state index in [0.29, 0.717) is 16.8 Å². The summed E-state index contributed by atoms with van der Waals surface area (Å²) in [6.07, 6.45) is 2.43. The first-order valence-corrected chi connectivity index (χ1v) is 7.06. The molecular weight excluding hydrogens is 250 g/mol. The van der Waals surface area contributed by atoms with Crippen LogP contribution in [-0.4, -0.2) is 34.1 Å². The monoisotopic (exact) mass is 265 g/mol. The van der Waals surface area contributed by atoms with Gasteiger partial charge in [0.15, 0.2) is 0 Å². The number of aromatic amines is 1. The number of nitrogens with one attached hydrogen (secondary N) is 1. The minimum absolute atomic E-state index is 0.164. The van der Waals surface area contributed by atoms with Gasteiger partial charge in [-0.1, -0.05) is 0 Å². The molecule has 96 valence electrons. The summed E-state index contributed by atoms with van der Waals surface area (Å²) in [4.78, 5) is 29.1. The van der Waals surface area contributed by atoms with Gasteiger partial charge in [-0.2, -0.15) is 0 Å². The van der Waals surface area contributed by atoms with E-state index in [1.54, 1.807) is 6.07 Å². The standard InChI is InChI=1S/C12H15N3O2S/c16-11-10-9(3-8-18-10)13-12(17)15(11)7-6-14-4-1-2-5-14/h3,8H,1-2,4-7H2,(H,13,17). The zero-order valence-electron chi connectivity index (χ0n) is 10.0. The van der Waals surface area contributed by atoms with E-state index >= 15 is 0 Å². The first kappa shape index (κ1) is 11.7. The van der Waals surface area contributed by atoms with Gasteiger partial charge in [-0.25, -0.2) is 4.79 Å². The Morgan fingerprint density at radius 2 is 2.00 bits per heavy atom. The van der Waals surface area contributed by atoms with Crippen molar-refractivity contribution >= 4 is 21.6 Å². The summed E-state index contributed by atoms with van der Waals surface area (Å²) in [7, 11) is 0. The normalized spacial score (nSPS) is 16.7. The maximum atomic E-state index is 12.2. The molecule has 0 bridgehead atoms. The van der Waals surface area contributed by atoms with Gasteiger partial charge in [-0.15, -0.1) is 11.3 Å². The number of rotatable bonds is 3. The number of H-pyrrole nitrogens is 1. The fraction of sp³-hybridized carbons (Fsp3) is 0.500. The molecule has 3 rings (SSSR count). The third-order valence-corrected chi connectivity index (χ3v) is 4.33. The van der Waals surface area contributed by atoms with Crippen molar-refractivity contribution in [1.82, 2.24) is 14.5 Å². The Bertz CT molecular complexity index is 664. The summed E-state index contributed by atoms with van der Waals surface area (Å²) in [6, 6.07) is 1.77. The van der Waals surface area contributed by atoms with Gasteiger partial charge in [0.1, 0.15) is 4.70 Å². The Labute approximate surface area is 108 Å². The lowest BCUT2D eigenvalue weighted by molar-refractivity contribution is 0.318. The van der Waals surface area contributed by atoms with E-state index in [0.717, 1.165) is 19.6 Å². The molecule has 1 aliphatic heterocycles. The summed E-state index contributed by atoms with van der Waals surface area (Å²) >= 11 is 1.38. The van der Waals surface area contributed by atoms with Gasteiger partial charge in [-0.3, -0.25) is 9.36 Å². The van der Waals surface area contributed by atoms with E-state index in [4.69, 9.17) is 0 Å². The molecule has 1 fully saturated rings. The summed E-state index contributed by atoms with van der Waals surface area (Å²) in [5.41, 5.74) is 0.181. The maximum Gasteiger partial charge on any atom is 0.328 e. The van der Waals surface area contributed by atoms with Gasteiger partial charge in [-0.05, 0) is 37.4 Å². The molecule has 0 radical (unpaired) electrons. The summed E-state index contributed by atoms with van der Waals surface area (Å²) < 4.78 is 1.95. The van der Waals surface area contributed by atoms with E-state index < -0.39 is 0 Å². The summed E-state index contributed by atoms with van der Waals surface area (Å²) in [5.74, 6) is 0. The fourth-order valence-electron chi connectivity index (χ4n) is 2.42. The smallest absolute Gasteiger partial charge is 0.306 e. The maximum absolute atomic E-state index is 12.2. The molecule has 5 nitrogen and oxygen atoms in total. The Kier molecular flexibility index (Phi) is 3.05. The number of hydrogen-bond donors (Lipinski definition) is 1. The zero-order valence-corrected chi connectivity index (χ0v) is 10.8. The van der Waals surface area contributed by atoms with Crippen molar-refractivity contribution in [2.75, 3.05) is 19.6 Å². The molecule has 2 aromatic heterocycles. The Hall–Kier alpha value is -1.40. The van der Waals surface area contributed by atoms with Gasteiger partial charge < -0.3 is 9.88 Å². The second kappa shape index (κ2) is 4.70. The molecule has 0 saturated carbocycles. The zero-order chi connectivity index (χ0) is 12.5. The number of aromatic nitrogens is 2. The molecule has 1 aliphatic rings. The molecule has 6 heteroatoms. The molecule has 3 heterocycles. The van der Waals surface area contributed by atoms with Gasteiger partial charge in [0, 0.05) is 13.1 Å². The SMILES string of the molecule is O=c1[nH]c2ccsc2c(=O)n1CCN1CCCC1. The predicted octanol–water partition coefficient (Wildman–Crippen LogP) is 0.847. The quantitative estimate of drug-likeness (QED) is 0.895. The number of likely N-dealkylation sites (tertiary alicyclic amines) is 1. The van der Waals surface area contributed by atoms with Crippen molar-refractivity contribution < 1.29 is 0 Å². The van der Waals surface area contributed by atoms with Crippen LogP contribution in [0.4, 0.5) is 0 Å². The van der Waals surface area contributed by atoms with Crippen LogP contribution in [0.15, 0.2) is 21.0 Å². The minimum Gasteiger partial charge on any atom is -0.306 e. The Morgan fingerprint density at radius 3 is 2.78 bits per heavy atom. The molecule has 0 spiro atoms. The topological polar surface area (TPSA) is 58.1 Å². The highest BCUT2D eigenvalue weighted by atomic mass is 32.1. The molecule has 0 unspecified atom stereocenters. The van der Waals surface area contributed by atoms with Crippen LogP contribution < -0.4 is 11.2 Å². The highest BCUT2D eigenvalue weighted by Gasteiger charge is 2.13. The third kappa shape index (κ3) is 2.02. The van der Waals surface area contributed by atoms with Crippen LogP contribution in [0, 0.1) is 0 Å². The molecule has 0 aliphatic carbocycles. The second-order valence-corrected chi connectivity index (χ2v) is 5.52. The molecule has 1 N–H and O–H groups in total. The number of fused-ring (bicyclic) bond motifs is 1. The fourth-order valence-corrected chi connectivity index (χ4v) is 3.22. The number of thiophene rings is 1. The molecule has 0 amide bonds. The van der Waals surface area contributed by atoms with Gasteiger partial charge in [0.05, 0.1) is 5.52 Å². The van der Waals surface area contributed by atoms with Gasteiger partial charge in [0.25, 0.3) is 5.56 Å². The van der Waals surface area contributed by atoms with Crippen LogP contribution >= 0.6 is 11.3 Å². The molecule has 18 heavy (non-hydrogen) atoms. The first-order chi connectivity index (χ1) is 8.75. The molecule has 1 saturated heterocycles. The van der Waals surface area contributed by atoms with Crippen molar-refractivity contribution in [1.29, 1.82) is 0 Å². The summed E-state index contributed by atoms with van der Waals surface area (Å²) in [6.45, 7) is 3.41. The highest BCUT2D eigenvalue weighted by Crippen LogP contribution is 2.12. The molecule has 2 aromatic rings. The van der Waals surface area contributed by atoms with Crippen LogP contribution in [0.3, 0.4) is 0 Å². The van der Waals surface area contributed by atoms with Crippen molar-refractivity contribution in [2.24, 2.45) is 0 Å². The van der Waals surface area contributed by atoms with E-state index in [1.165, 1.54) is 28.7 Å². The third-order valence-electron chi connectivity index (χ3n) is 3.43. The van der Waals surface area contributed by atoms with Crippen LogP contribution in [0.1, 0.15) is 12.8 Å². The lowest BCUT2D eigenvalue weighted by Gasteiger charge is -2.14. The molecular formula is C12H15N3O2S. The van der Waals surface area contributed by atoms with Crippen molar-refractivity contribution in [3.63, 3.8) is 0 Å². The summed E-state index contributed by atoms with van der Waals surface area (Å²) in [5, 5.41) is 1.83. The van der Waals surface area contributed by atoms with Crippen LogP contribution in [0.2, 0.25) is 0 Å². The van der Waals surface area contributed by atoms with Crippen molar-refractivity contribution in [2.45, 2.75) is 19.4 Å². The Morgan fingerprint density at radius 1 is 1.22 bits per heavy atom. The highest BCUT2D eigenvalue weighted by molar-refractivity contribution is 7.17. The van der Waals surface area contributed by atoms with E-state index in [9.17, 15) is 9.59 Å². The lowest BCUT2D eigenvalue weighted by atomic mass is 10.4. The van der Waals surface area contributed by atoms with Gasteiger partial charge >= 0.3 is 5.69 Å². The Balaban J connectivity index is 1.90. The van der Waals surface area contributed by atoms with Gasteiger partial charge in [0.2, 0.25) is 0 Å². The second-order valence-electron chi connectivity index (χ2n) is 4.60. The lowest BCUT2D eigenvalue weighted by Crippen LogP contribution is -2.38. The van der Waals surface area contributed by atoms with Crippen molar-refractivity contribution in [3.8, 4) is 0 Å². The molecule has 0 atom stereocenters. The van der Waals surface area contributed by atoms with Crippen LogP contribution in [0.5, 0.6) is 0 Å². The van der Waals surface area contributed by atoms with Crippen LogP contribution in [0.25, 0.3) is 10.2 Å². The first-order valence-electron chi connectivity index (χ1n) is 6.18. The molecule has 0 aromatic carbocycles. The average molecular weight is 265 g/mol. The minimum atomic E-state index is -0.301. The predicted molar refractivity (Wildman–Crippen MR) is 72.4 cm³/mol. The van der Waals surface area contributed by atoms with Crippen LogP contribution in [-0.2, 0) is 6.54 Å². The number of nitrogens with zero attached hydrogens (tertiary/aromatic N) is 2. The van der Waals surface area contributed by atoms with Crippen molar-refractivity contribution in [3.05, 3.63) is 32.3 Å². The van der Waals surface area contributed by atoms with E-state index in [2.05, 4.69) is 9.88 Å². The largest absolute Gasteiger partial charge is 0.328 e. The number of hydrogen-bond acceptors (Lipinski definition) is 4.